The van der Waals surface area contributed by atoms with Crippen LogP contribution in [0.4, 0.5) is 5.69 Å². The molecule has 0 radical (unpaired) electrons. The van der Waals surface area contributed by atoms with Crippen LogP contribution in [-0.4, -0.2) is 73.4 Å². The van der Waals surface area contributed by atoms with Gasteiger partial charge in [0.2, 0.25) is 15.9 Å². The van der Waals surface area contributed by atoms with Crippen molar-refractivity contribution in [1.29, 1.82) is 5.26 Å². The number of anilines is 1. The summed E-state index contributed by atoms with van der Waals surface area (Å²) >= 11 is 1.45. The molecular weight excluding hydrogens is 464 g/mol. The number of hydrogen-bond acceptors (Lipinski definition) is 7. The van der Waals surface area contributed by atoms with E-state index in [2.05, 4.69) is 5.32 Å². The van der Waals surface area contributed by atoms with Crippen molar-refractivity contribution in [1.82, 2.24) is 9.21 Å². The molecule has 2 aromatic rings. The molecule has 0 spiro atoms. The summed E-state index contributed by atoms with van der Waals surface area (Å²) in [5.41, 5.74) is 1.22. The summed E-state index contributed by atoms with van der Waals surface area (Å²) in [6.07, 6.45) is 0. The number of thioether (sulfide) groups is 1. The van der Waals surface area contributed by atoms with Crippen molar-refractivity contribution < 1.29 is 22.7 Å². The van der Waals surface area contributed by atoms with Crippen LogP contribution in [0.25, 0.3) is 0 Å². The van der Waals surface area contributed by atoms with E-state index in [0.717, 1.165) is 0 Å². The molecule has 2 aromatic carbocycles. The number of nitriles is 1. The lowest BCUT2D eigenvalue weighted by atomic mass is 10.1. The van der Waals surface area contributed by atoms with E-state index in [1.54, 1.807) is 30.3 Å². The summed E-state index contributed by atoms with van der Waals surface area (Å²) in [5.74, 6) is 0.0128. The number of carbonyl (C=O) groups excluding carboxylic acids is 2. The Labute approximate surface area is 196 Å². The molecule has 2 amide bonds. The molecule has 4 rings (SSSR count). The molecular formula is C22H22N4O5S2. The van der Waals surface area contributed by atoms with Crippen LogP contribution in [0.3, 0.4) is 0 Å². The van der Waals surface area contributed by atoms with Crippen LogP contribution in [0.2, 0.25) is 0 Å². The molecule has 2 saturated heterocycles. The lowest BCUT2D eigenvalue weighted by molar-refractivity contribution is -0.119. The van der Waals surface area contributed by atoms with Gasteiger partial charge in [-0.05, 0) is 42.5 Å². The lowest BCUT2D eigenvalue weighted by Crippen LogP contribution is -2.44. The van der Waals surface area contributed by atoms with Crippen LogP contribution in [-0.2, 0) is 19.6 Å². The van der Waals surface area contributed by atoms with E-state index in [-0.39, 0.29) is 29.5 Å². The number of hydrogen-bond donors (Lipinski definition) is 1. The fraction of sp³-hybridized carbons (Fsp3) is 0.318. The largest absolute Gasteiger partial charge is 0.379 e. The number of nitrogens with zero attached hydrogens (tertiary/aromatic N) is 3. The van der Waals surface area contributed by atoms with E-state index in [1.807, 2.05) is 6.07 Å². The van der Waals surface area contributed by atoms with Crippen LogP contribution < -0.4 is 5.32 Å². The van der Waals surface area contributed by atoms with Crippen molar-refractivity contribution in [2.24, 2.45) is 0 Å². The molecule has 1 atom stereocenters. The van der Waals surface area contributed by atoms with Gasteiger partial charge in [0.25, 0.3) is 5.91 Å². The zero-order valence-electron chi connectivity index (χ0n) is 17.6. The van der Waals surface area contributed by atoms with Crippen molar-refractivity contribution >= 4 is 39.3 Å². The Kier molecular flexibility index (Phi) is 6.99. The van der Waals surface area contributed by atoms with E-state index in [1.165, 1.54) is 39.2 Å². The second kappa shape index (κ2) is 9.93. The maximum atomic E-state index is 13.2. The quantitative estimate of drug-likeness (QED) is 0.683. The minimum atomic E-state index is -3.74. The van der Waals surface area contributed by atoms with E-state index in [0.29, 0.717) is 36.1 Å². The highest BCUT2D eigenvalue weighted by molar-refractivity contribution is 7.99. The Hall–Kier alpha value is -2.91. The standard InChI is InChI=1S/C22H22N4O5S2/c23-13-16-4-6-18(7-5-16)24-21(27)20-14-32-15-26(20)22(28)17-2-1-3-19(12-17)33(29,30)25-8-10-31-11-9-25/h1-7,12,20H,8-11,14-15H2,(H,24,27). The van der Waals surface area contributed by atoms with Gasteiger partial charge in [-0.15, -0.1) is 11.8 Å². The Morgan fingerprint density at radius 3 is 2.55 bits per heavy atom. The average Bonchev–Trinajstić information content (AvgIpc) is 3.35. The van der Waals surface area contributed by atoms with Crippen molar-refractivity contribution in [3.05, 3.63) is 59.7 Å². The van der Waals surface area contributed by atoms with Gasteiger partial charge in [0.15, 0.2) is 0 Å². The Bertz CT molecular complexity index is 1190. The summed E-state index contributed by atoms with van der Waals surface area (Å²) in [6.45, 7) is 1.19. The maximum absolute atomic E-state index is 13.2. The lowest BCUT2D eigenvalue weighted by Gasteiger charge is -2.26. The number of carbonyl (C=O) groups is 2. The van der Waals surface area contributed by atoms with E-state index in [4.69, 9.17) is 10.00 Å². The van der Waals surface area contributed by atoms with Gasteiger partial charge >= 0.3 is 0 Å². The summed E-state index contributed by atoms with van der Waals surface area (Å²) in [4.78, 5) is 27.6. The minimum Gasteiger partial charge on any atom is -0.379 e. The minimum absolute atomic E-state index is 0.0423. The van der Waals surface area contributed by atoms with E-state index < -0.39 is 22.0 Å². The number of amides is 2. The number of rotatable bonds is 5. The van der Waals surface area contributed by atoms with Gasteiger partial charge < -0.3 is 15.0 Å². The van der Waals surface area contributed by atoms with Crippen molar-refractivity contribution in [2.75, 3.05) is 43.2 Å². The van der Waals surface area contributed by atoms with Crippen LogP contribution in [0.15, 0.2) is 53.4 Å². The molecule has 11 heteroatoms. The number of sulfonamides is 1. The number of nitrogens with one attached hydrogen (secondary N) is 1. The predicted octanol–water partition coefficient (Wildman–Crippen LogP) is 1.73. The van der Waals surface area contributed by atoms with Gasteiger partial charge in [0, 0.05) is 30.1 Å². The van der Waals surface area contributed by atoms with Gasteiger partial charge in [-0.25, -0.2) is 8.42 Å². The molecule has 0 saturated carbocycles. The molecule has 2 heterocycles. The first kappa shape index (κ1) is 23.3. The average molecular weight is 487 g/mol. The highest BCUT2D eigenvalue weighted by atomic mass is 32.2. The molecule has 0 bridgehead atoms. The van der Waals surface area contributed by atoms with Gasteiger partial charge in [-0.2, -0.15) is 9.57 Å². The van der Waals surface area contributed by atoms with Gasteiger partial charge in [0.1, 0.15) is 6.04 Å². The fourth-order valence-electron chi connectivity index (χ4n) is 3.61. The van der Waals surface area contributed by atoms with Gasteiger partial charge in [0.05, 0.1) is 35.6 Å². The summed E-state index contributed by atoms with van der Waals surface area (Å²) in [6, 6.07) is 13.7. The molecule has 2 aliphatic heterocycles. The van der Waals surface area contributed by atoms with E-state index in [9.17, 15) is 18.0 Å². The van der Waals surface area contributed by atoms with Crippen molar-refractivity contribution in [3.8, 4) is 6.07 Å². The van der Waals surface area contributed by atoms with Crippen molar-refractivity contribution in [3.63, 3.8) is 0 Å². The molecule has 33 heavy (non-hydrogen) atoms. The smallest absolute Gasteiger partial charge is 0.255 e. The number of morpholine rings is 1. The van der Waals surface area contributed by atoms with Crippen LogP contribution in [0.5, 0.6) is 0 Å². The first-order chi connectivity index (χ1) is 15.9. The van der Waals surface area contributed by atoms with Crippen LogP contribution in [0.1, 0.15) is 15.9 Å². The highest BCUT2D eigenvalue weighted by Crippen LogP contribution is 2.26. The second-order valence-electron chi connectivity index (χ2n) is 7.51. The van der Waals surface area contributed by atoms with E-state index >= 15 is 0 Å². The predicted molar refractivity (Wildman–Crippen MR) is 123 cm³/mol. The third kappa shape index (κ3) is 5.04. The molecule has 1 unspecified atom stereocenters. The zero-order chi connectivity index (χ0) is 23.4. The van der Waals surface area contributed by atoms with Crippen LogP contribution >= 0.6 is 11.8 Å². The summed E-state index contributed by atoms with van der Waals surface area (Å²) in [5, 5.41) is 11.7. The second-order valence-corrected chi connectivity index (χ2v) is 10.5. The Morgan fingerprint density at radius 2 is 1.85 bits per heavy atom. The molecule has 1 N–H and O–H groups in total. The van der Waals surface area contributed by atoms with Gasteiger partial charge in [-0.1, -0.05) is 6.07 Å². The third-order valence-corrected chi connectivity index (χ3v) is 8.32. The summed E-state index contributed by atoms with van der Waals surface area (Å²) < 4.78 is 32.5. The molecule has 0 aromatic heterocycles. The topological polar surface area (TPSA) is 120 Å². The molecule has 0 aliphatic carbocycles. The third-order valence-electron chi connectivity index (χ3n) is 5.42. The SMILES string of the molecule is N#Cc1ccc(NC(=O)C2CSCN2C(=O)c2cccc(S(=O)(=O)N3CCOCC3)c2)cc1. The summed E-state index contributed by atoms with van der Waals surface area (Å²) in [7, 11) is -3.74. The monoisotopic (exact) mass is 486 g/mol. The highest BCUT2D eigenvalue weighted by Gasteiger charge is 2.36. The molecule has 9 nitrogen and oxygen atoms in total. The normalized spacial score (nSPS) is 19.1. The van der Waals surface area contributed by atoms with Crippen LogP contribution in [0, 0.1) is 11.3 Å². The molecule has 2 aliphatic rings. The Balaban J connectivity index is 1.50. The molecule has 2 fully saturated rings. The first-order valence-electron chi connectivity index (χ1n) is 10.3. The number of benzene rings is 2. The molecule has 172 valence electrons. The fourth-order valence-corrected chi connectivity index (χ4v) is 6.21. The zero-order valence-corrected chi connectivity index (χ0v) is 19.3. The Morgan fingerprint density at radius 1 is 1.12 bits per heavy atom. The maximum Gasteiger partial charge on any atom is 0.255 e. The van der Waals surface area contributed by atoms with Crippen molar-refractivity contribution in [2.45, 2.75) is 10.9 Å². The number of ether oxygens (including phenoxy) is 1. The first-order valence-corrected chi connectivity index (χ1v) is 12.9. The van der Waals surface area contributed by atoms with Gasteiger partial charge in [-0.3, -0.25) is 9.59 Å².